The van der Waals surface area contributed by atoms with Crippen LogP contribution in [0.3, 0.4) is 0 Å². The molecule has 0 heterocycles. The minimum Gasteiger partial charge on any atom is -0.327 e. The van der Waals surface area contributed by atoms with Crippen molar-refractivity contribution in [3.63, 3.8) is 0 Å². The van der Waals surface area contributed by atoms with Gasteiger partial charge in [0.15, 0.2) is 0 Å². The molecule has 0 amide bonds. The molecule has 23 heavy (non-hydrogen) atoms. The molecule has 2 aliphatic carbocycles. The third-order valence-corrected chi connectivity index (χ3v) is 6.68. The van der Waals surface area contributed by atoms with Gasteiger partial charge in [-0.15, -0.1) is 0 Å². The lowest BCUT2D eigenvalue weighted by molar-refractivity contribution is 0.0705. The highest BCUT2D eigenvalue weighted by atomic mass is 14.7. The summed E-state index contributed by atoms with van der Waals surface area (Å²) in [7, 11) is 0. The highest BCUT2D eigenvalue weighted by Gasteiger charge is 2.39. The Morgan fingerprint density at radius 3 is 2.35 bits per heavy atom. The topological polar surface area (TPSA) is 26.0 Å². The molecule has 1 nitrogen and oxygen atoms in total. The molecule has 0 aromatic heterocycles. The van der Waals surface area contributed by atoms with Crippen LogP contribution in [0.2, 0.25) is 0 Å². The molecule has 1 heteroatoms. The number of unbranched alkanes of at least 4 members (excludes halogenated alkanes) is 3. The van der Waals surface area contributed by atoms with Crippen LogP contribution in [0.4, 0.5) is 0 Å². The Labute approximate surface area is 145 Å². The zero-order chi connectivity index (χ0) is 16.7. The van der Waals surface area contributed by atoms with Crippen molar-refractivity contribution in [3.05, 3.63) is 12.2 Å². The lowest BCUT2D eigenvalue weighted by atomic mass is 9.61. The Kier molecular flexibility index (Phi) is 8.16. The molecule has 0 aliphatic heterocycles. The van der Waals surface area contributed by atoms with Crippen molar-refractivity contribution < 1.29 is 0 Å². The maximum absolute atomic E-state index is 6.84. The quantitative estimate of drug-likeness (QED) is 0.390. The molecule has 2 fully saturated rings. The van der Waals surface area contributed by atoms with Gasteiger partial charge < -0.3 is 5.73 Å². The Hall–Kier alpha value is -0.300. The molecule has 0 aromatic carbocycles. The van der Waals surface area contributed by atoms with Gasteiger partial charge in [-0.05, 0) is 48.9 Å². The van der Waals surface area contributed by atoms with E-state index in [-0.39, 0.29) is 0 Å². The predicted molar refractivity (Wildman–Crippen MR) is 102 cm³/mol. The van der Waals surface area contributed by atoms with Gasteiger partial charge in [0.25, 0.3) is 0 Å². The van der Waals surface area contributed by atoms with E-state index in [1.165, 1.54) is 70.6 Å². The average molecular weight is 320 g/mol. The summed E-state index contributed by atoms with van der Waals surface area (Å²) in [6, 6.07) is 0.373. The van der Waals surface area contributed by atoms with E-state index in [0.717, 1.165) is 23.7 Å². The van der Waals surface area contributed by atoms with E-state index in [4.69, 9.17) is 5.73 Å². The first-order valence-corrected chi connectivity index (χ1v) is 10.6. The molecule has 134 valence electrons. The summed E-state index contributed by atoms with van der Waals surface area (Å²) in [5.74, 6) is 4.07. The number of rotatable bonds is 9. The summed E-state index contributed by atoms with van der Waals surface area (Å²) in [6.07, 6.45) is 20.1. The molecular weight excluding hydrogens is 278 g/mol. The van der Waals surface area contributed by atoms with Crippen LogP contribution in [-0.4, -0.2) is 6.04 Å². The average Bonchev–Trinajstić information content (AvgIpc) is 2.49. The van der Waals surface area contributed by atoms with Gasteiger partial charge in [-0.25, -0.2) is 0 Å². The van der Waals surface area contributed by atoms with E-state index in [0.29, 0.717) is 12.0 Å². The van der Waals surface area contributed by atoms with E-state index >= 15 is 0 Å². The van der Waals surface area contributed by atoms with Crippen LogP contribution in [0.5, 0.6) is 0 Å². The lowest BCUT2D eigenvalue weighted by Gasteiger charge is -2.45. The fourth-order valence-corrected chi connectivity index (χ4v) is 4.97. The minimum atomic E-state index is 0.373. The first kappa shape index (κ1) is 19.0. The second kappa shape index (κ2) is 9.87. The fourth-order valence-electron chi connectivity index (χ4n) is 4.97. The van der Waals surface area contributed by atoms with E-state index in [2.05, 4.69) is 32.9 Å². The van der Waals surface area contributed by atoms with Gasteiger partial charge in [0.1, 0.15) is 0 Å². The van der Waals surface area contributed by atoms with Crippen molar-refractivity contribution in [2.45, 2.75) is 97.4 Å². The monoisotopic (exact) mass is 319 g/mol. The summed E-state index contributed by atoms with van der Waals surface area (Å²) in [4.78, 5) is 0. The van der Waals surface area contributed by atoms with Crippen molar-refractivity contribution in [3.8, 4) is 0 Å². The summed E-state index contributed by atoms with van der Waals surface area (Å²) in [5.41, 5.74) is 6.84. The Balaban J connectivity index is 1.91. The van der Waals surface area contributed by atoms with Crippen LogP contribution in [0.25, 0.3) is 0 Å². The van der Waals surface area contributed by atoms with Gasteiger partial charge in [0.05, 0.1) is 0 Å². The van der Waals surface area contributed by atoms with Gasteiger partial charge in [-0.3, -0.25) is 0 Å². The molecule has 4 unspecified atom stereocenters. The lowest BCUT2D eigenvalue weighted by Crippen LogP contribution is -2.46. The van der Waals surface area contributed by atoms with Gasteiger partial charge in [0, 0.05) is 6.04 Å². The maximum Gasteiger partial charge on any atom is 0.0133 e. The van der Waals surface area contributed by atoms with Gasteiger partial charge in [0.2, 0.25) is 0 Å². The third-order valence-electron chi connectivity index (χ3n) is 6.68. The number of nitrogens with two attached hydrogens (primary N) is 1. The first-order valence-electron chi connectivity index (χ1n) is 10.6. The van der Waals surface area contributed by atoms with Crippen molar-refractivity contribution >= 4 is 0 Å². The second-order valence-corrected chi connectivity index (χ2v) is 8.66. The number of hydrogen-bond acceptors (Lipinski definition) is 1. The summed E-state index contributed by atoms with van der Waals surface area (Å²) in [6.45, 7) is 7.09. The SMILES string of the molecule is CCCCC/C=C\C(C)C(N)[C@@H](C1CCC1)C1CCCC(C)C1. The smallest absolute Gasteiger partial charge is 0.0133 e. The van der Waals surface area contributed by atoms with E-state index in [1.807, 2.05) is 0 Å². The number of allylic oxidation sites excluding steroid dienone is 1. The molecule has 2 aliphatic rings. The summed E-state index contributed by atoms with van der Waals surface area (Å²) >= 11 is 0. The summed E-state index contributed by atoms with van der Waals surface area (Å²) < 4.78 is 0. The molecule has 5 atom stereocenters. The predicted octanol–water partition coefficient (Wildman–Crippen LogP) is 6.33. The fraction of sp³-hybridized carbons (Fsp3) is 0.909. The van der Waals surface area contributed by atoms with Crippen LogP contribution in [0.15, 0.2) is 12.2 Å². The van der Waals surface area contributed by atoms with Crippen LogP contribution in [0.1, 0.15) is 91.4 Å². The Morgan fingerprint density at radius 2 is 1.74 bits per heavy atom. The highest BCUT2D eigenvalue weighted by Crippen LogP contribution is 2.45. The molecule has 0 radical (unpaired) electrons. The van der Waals surface area contributed by atoms with Gasteiger partial charge >= 0.3 is 0 Å². The normalized spacial score (nSPS) is 30.1. The number of hydrogen-bond donors (Lipinski definition) is 1. The van der Waals surface area contributed by atoms with Crippen molar-refractivity contribution in [2.24, 2.45) is 35.3 Å². The molecule has 2 N–H and O–H groups in total. The van der Waals surface area contributed by atoms with Crippen LogP contribution in [0, 0.1) is 29.6 Å². The molecule has 2 saturated carbocycles. The van der Waals surface area contributed by atoms with Gasteiger partial charge in [-0.2, -0.15) is 0 Å². The zero-order valence-electron chi connectivity index (χ0n) is 16.0. The molecule has 0 spiro atoms. The van der Waals surface area contributed by atoms with Crippen LogP contribution < -0.4 is 5.73 Å². The standard InChI is InChI=1S/C22H41N/c1-4-5-6-7-8-12-18(3)22(23)21(19-13-10-14-19)20-15-9-11-17(2)16-20/h8,12,17-22H,4-7,9-11,13-16,23H2,1-3H3/b12-8-/t17?,18?,20?,21-,22?/m0/s1. The highest BCUT2D eigenvalue weighted by molar-refractivity contribution is 4.98. The second-order valence-electron chi connectivity index (χ2n) is 8.66. The minimum absolute atomic E-state index is 0.373. The van der Waals surface area contributed by atoms with Crippen molar-refractivity contribution in [1.29, 1.82) is 0 Å². The first-order chi connectivity index (χ1) is 11.1. The molecular formula is C22H41N. The van der Waals surface area contributed by atoms with E-state index in [1.54, 1.807) is 0 Å². The largest absolute Gasteiger partial charge is 0.327 e. The van der Waals surface area contributed by atoms with E-state index < -0.39 is 0 Å². The Bertz CT molecular complexity index is 344. The third kappa shape index (κ3) is 5.62. The van der Waals surface area contributed by atoms with Crippen molar-refractivity contribution in [1.82, 2.24) is 0 Å². The van der Waals surface area contributed by atoms with E-state index in [9.17, 15) is 0 Å². The Morgan fingerprint density at radius 1 is 1.04 bits per heavy atom. The molecule has 0 saturated heterocycles. The van der Waals surface area contributed by atoms with Crippen molar-refractivity contribution in [2.75, 3.05) is 0 Å². The maximum atomic E-state index is 6.84. The molecule has 2 rings (SSSR count). The molecule has 0 aromatic rings. The molecule has 0 bridgehead atoms. The zero-order valence-corrected chi connectivity index (χ0v) is 16.0. The van der Waals surface area contributed by atoms with Crippen LogP contribution >= 0.6 is 0 Å². The van der Waals surface area contributed by atoms with Gasteiger partial charge in [-0.1, -0.05) is 84.3 Å². The summed E-state index contributed by atoms with van der Waals surface area (Å²) in [5, 5.41) is 0. The van der Waals surface area contributed by atoms with Crippen LogP contribution in [-0.2, 0) is 0 Å².